The van der Waals surface area contributed by atoms with Gasteiger partial charge in [-0.2, -0.15) is 0 Å². The molecule has 6 rings (SSSR count). The molecule has 1 aromatic heterocycles. The van der Waals surface area contributed by atoms with Crippen LogP contribution in [0, 0.1) is 5.82 Å². The highest BCUT2D eigenvalue weighted by atomic mass is 19.1. The number of aromatic nitrogens is 1. The normalized spacial score (nSPS) is 24.7. The van der Waals surface area contributed by atoms with Crippen molar-refractivity contribution in [1.29, 1.82) is 0 Å². The highest BCUT2D eigenvalue weighted by Gasteiger charge is 2.32. The van der Waals surface area contributed by atoms with Crippen molar-refractivity contribution in [2.45, 2.75) is 76.4 Å². The van der Waals surface area contributed by atoms with Crippen molar-refractivity contribution >= 4 is 10.9 Å². The van der Waals surface area contributed by atoms with Crippen molar-refractivity contribution < 1.29 is 4.39 Å². The van der Waals surface area contributed by atoms with E-state index in [9.17, 15) is 4.39 Å². The largest absolute Gasteiger partial charge is 0.336 e. The molecule has 1 saturated carbocycles. The number of likely N-dealkylation sites (tertiary alicyclic amines) is 1. The minimum absolute atomic E-state index is 0.118. The molecule has 0 amide bonds. The maximum absolute atomic E-state index is 14.6. The van der Waals surface area contributed by atoms with Gasteiger partial charge in [-0.3, -0.25) is 4.90 Å². The number of likely N-dealkylation sites (N-methyl/N-ethyl adjacent to an activating group) is 1. The number of rotatable bonds is 3. The third-order valence-electron chi connectivity index (χ3n) is 8.78. The van der Waals surface area contributed by atoms with Gasteiger partial charge in [0.2, 0.25) is 0 Å². The molecule has 34 heavy (non-hydrogen) atoms. The number of benzene rings is 2. The van der Waals surface area contributed by atoms with Gasteiger partial charge in [0.05, 0.1) is 5.69 Å². The fourth-order valence-corrected chi connectivity index (χ4v) is 7.16. The van der Waals surface area contributed by atoms with Crippen LogP contribution in [0.3, 0.4) is 0 Å². The predicted molar refractivity (Wildman–Crippen MR) is 139 cm³/mol. The van der Waals surface area contributed by atoms with Crippen LogP contribution < -0.4 is 0 Å². The molecular formula is C30H38FN3. The van der Waals surface area contributed by atoms with E-state index >= 15 is 0 Å². The molecule has 0 bridgehead atoms. The summed E-state index contributed by atoms with van der Waals surface area (Å²) in [6, 6.07) is 15.5. The van der Waals surface area contributed by atoms with Gasteiger partial charge in [-0.05, 0) is 87.5 Å². The van der Waals surface area contributed by atoms with Gasteiger partial charge in [0.25, 0.3) is 0 Å². The summed E-state index contributed by atoms with van der Waals surface area (Å²) in [5, 5.41) is 1.41. The maximum atomic E-state index is 14.6. The van der Waals surface area contributed by atoms with E-state index in [1.54, 1.807) is 6.07 Å². The van der Waals surface area contributed by atoms with Gasteiger partial charge in [0.1, 0.15) is 5.82 Å². The van der Waals surface area contributed by atoms with Crippen molar-refractivity contribution in [2.24, 2.45) is 0 Å². The quantitative estimate of drug-likeness (QED) is 0.419. The van der Waals surface area contributed by atoms with E-state index in [2.05, 4.69) is 58.7 Å². The average molecular weight is 460 g/mol. The molecule has 0 radical (unpaired) electrons. The van der Waals surface area contributed by atoms with Gasteiger partial charge < -0.3 is 9.47 Å². The molecular weight excluding hydrogens is 421 g/mol. The standard InChI is InChI=1S/C30H38FN3/c1-21-18-33(20-25-11-8-16-32(25)2)19-23-17-24(31)14-15-26(23)30-29(22-9-4-3-5-10-22)27-12-6-7-13-28(27)34(21)30/h6-7,12-15,17,21-22,25H,3-5,8-11,16,18-20H2,1-2H3/t21?,25-/m1/s1. The van der Waals surface area contributed by atoms with Crippen molar-refractivity contribution in [3.05, 3.63) is 59.4 Å². The monoisotopic (exact) mass is 459 g/mol. The smallest absolute Gasteiger partial charge is 0.123 e. The first kappa shape index (κ1) is 22.3. The molecule has 3 nitrogen and oxygen atoms in total. The molecule has 0 spiro atoms. The summed E-state index contributed by atoms with van der Waals surface area (Å²) in [7, 11) is 2.26. The summed E-state index contributed by atoms with van der Waals surface area (Å²) >= 11 is 0. The van der Waals surface area contributed by atoms with Crippen molar-refractivity contribution in [2.75, 3.05) is 26.7 Å². The SMILES string of the molecule is CC1CN(C[C@H]2CCCN2C)Cc2cc(F)ccc2-c2c(C3CCCCC3)c3ccccc3n21. The minimum Gasteiger partial charge on any atom is -0.336 e. The zero-order valence-electron chi connectivity index (χ0n) is 20.8. The molecule has 3 heterocycles. The number of hydrogen-bond acceptors (Lipinski definition) is 2. The van der Waals surface area contributed by atoms with Crippen molar-refractivity contribution in [1.82, 2.24) is 14.4 Å². The lowest BCUT2D eigenvalue weighted by atomic mass is 9.81. The second-order valence-electron chi connectivity index (χ2n) is 11.1. The van der Waals surface area contributed by atoms with E-state index in [0.717, 1.165) is 25.2 Å². The Morgan fingerprint density at radius 3 is 2.59 bits per heavy atom. The van der Waals surface area contributed by atoms with E-state index in [-0.39, 0.29) is 5.82 Å². The van der Waals surface area contributed by atoms with Gasteiger partial charge >= 0.3 is 0 Å². The Balaban J connectivity index is 1.52. The second-order valence-corrected chi connectivity index (χ2v) is 11.1. The molecule has 2 fully saturated rings. The third-order valence-corrected chi connectivity index (χ3v) is 8.78. The molecule has 3 aliphatic rings. The van der Waals surface area contributed by atoms with E-state index in [4.69, 9.17) is 0 Å². The Morgan fingerprint density at radius 1 is 0.971 bits per heavy atom. The van der Waals surface area contributed by atoms with Crippen LogP contribution in [0.25, 0.3) is 22.2 Å². The number of fused-ring (bicyclic) bond motifs is 5. The molecule has 1 unspecified atom stereocenters. The van der Waals surface area contributed by atoms with Gasteiger partial charge in [0, 0.05) is 48.2 Å². The first-order valence-electron chi connectivity index (χ1n) is 13.4. The van der Waals surface area contributed by atoms with Crippen LogP contribution in [0.15, 0.2) is 42.5 Å². The van der Waals surface area contributed by atoms with Crippen LogP contribution >= 0.6 is 0 Å². The lowest BCUT2D eigenvalue weighted by Gasteiger charge is -2.35. The van der Waals surface area contributed by atoms with Crippen LogP contribution in [0.5, 0.6) is 0 Å². The van der Waals surface area contributed by atoms with Crippen LogP contribution in [0.2, 0.25) is 0 Å². The summed E-state index contributed by atoms with van der Waals surface area (Å²) in [5.74, 6) is 0.481. The van der Waals surface area contributed by atoms with Crippen molar-refractivity contribution in [3.8, 4) is 11.3 Å². The summed E-state index contributed by atoms with van der Waals surface area (Å²) in [5.41, 5.74) is 6.64. The predicted octanol–water partition coefficient (Wildman–Crippen LogP) is 6.97. The Hall–Kier alpha value is -2.17. The van der Waals surface area contributed by atoms with Gasteiger partial charge in [0.15, 0.2) is 0 Å². The van der Waals surface area contributed by atoms with Crippen molar-refractivity contribution in [3.63, 3.8) is 0 Å². The zero-order chi connectivity index (χ0) is 23.2. The van der Waals surface area contributed by atoms with E-state index in [1.807, 2.05) is 6.07 Å². The topological polar surface area (TPSA) is 11.4 Å². The molecule has 1 saturated heterocycles. The average Bonchev–Trinajstić information content (AvgIpc) is 3.39. The molecule has 4 heteroatoms. The molecule has 1 aliphatic carbocycles. The lowest BCUT2D eigenvalue weighted by molar-refractivity contribution is 0.169. The Kier molecular flexibility index (Phi) is 5.99. The first-order valence-corrected chi connectivity index (χ1v) is 13.4. The highest BCUT2D eigenvalue weighted by molar-refractivity contribution is 5.93. The Morgan fingerprint density at radius 2 is 1.79 bits per heavy atom. The number of halogens is 1. The van der Waals surface area contributed by atoms with Crippen LogP contribution in [0.4, 0.5) is 4.39 Å². The van der Waals surface area contributed by atoms with E-state index in [1.165, 1.54) is 79.2 Å². The number of hydrogen-bond donors (Lipinski definition) is 0. The maximum Gasteiger partial charge on any atom is 0.123 e. The first-order chi connectivity index (χ1) is 16.6. The minimum atomic E-state index is -0.118. The van der Waals surface area contributed by atoms with Gasteiger partial charge in [-0.1, -0.05) is 37.5 Å². The third kappa shape index (κ3) is 3.89. The molecule has 2 aromatic carbocycles. The summed E-state index contributed by atoms with van der Waals surface area (Å²) in [6.45, 7) is 6.46. The molecule has 3 aromatic rings. The van der Waals surface area contributed by atoms with E-state index < -0.39 is 0 Å². The van der Waals surface area contributed by atoms with Crippen LogP contribution in [0.1, 0.15) is 75.0 Å². The summed E-state index contributed by atoms with van der Waals surface area (Å²) in [4.78, 5) is 5.10. The fourth-order valence-electron chi connectivity index (χ4n) is 7.16. The summed E-state index contributed by atoms with van der Waals surface area (Å²) < 4.78 is 17.2. The Bertz CT molecular complexity index is 1180. The van der Waals surface area contributed by atoms with Crippen LogP contribution in [-0.4, -0.2) is 47.1 Å². The molecule has 180 valence electrons. The zero-order valence-corrected chi connectivity index (χ0v) is 20.8. The fraction of sp³-hybridized carbons (Fsp3) is 0.533. The molecule has 0 N–H and O–H groups in total. The van der Waals surface area contributed by atoms with Gasteiger partial charge in [-0.15, -0.1) is 0 Å². The molecule has 2 aliphatic heterocycles. The van der Waals surface area contributed by atoms with Crippen LogP contribution in [-0.2, 0) is 6.54 Å². The number of para-hydroxylation sites is 1. The summed E-state index contributed by atoms with van der Waals surface area (Å²) in [6.07, 6.45) is 9.08. The second kappa shape index (κ2) is 9.13. The van der Waals surface area contributed by atoms with Gasteiger partial charge in [-0.25, -0.2) is 4.39 Å². The Labute approximate surface area is 203 Å². The lowest BCUT2D eigenvalue weighted by Crippen LogP contribution is -2.41. The number of nitrogens with zero attached hydrogens (tertiary/aromatic N) is 3. The highest BCUT2D eigenvalue weighted by Crippen LogP contribution is 2.47. The van der Waals surface area contributed by atoms with E-state index in [0.29, 0.717) is 18.0 Å². The molecule has 2 atom stereocenters.